The fourth-order valence-electron chi connectivity index (χ4n) is 2.50. The van der Waals surface area contributed by atoms with Crippen LogP contribution in [0.4, 0.5) is 5.82 Å². The van der Waals surface area contributed by atoms with Gasteiger partial charge in [0.05, 0.1) is 9.26 Å². The van der Waals surface area contributed by atoms with E-state index in [1.54, 1.807) is 0 Å². The molecule has 1 N–H and O–H groups in total. The van der Waals surface area contributed by atoms with E-state index in [0.717, 1.165) is 33.1 Å². The molecule has 0 bridgehead atoms. The molecule has 0 saturated carbocycles. The second-order valence-corrected chi connectivity index (χ2v) is 6.53. The summed E-state index contributed by atoms with van der Waals surface area (Å²) in [5, 5.41) is 3.16. The van der Waals surface area contributed by atoms with Crippen molar-refractivity contribution >= 4 is 28.4 Å². The molecule has 0 fully saturated rings. The molecule has 1 aromatic carbocycles. The summed E-state index contributed by atoms with van der Waals surface area (Å²) in [4.78, 5) is 9.41. The third-order valence-corrected chi connectivity index (χ3v) is 4.68. The highest BCUT2D eigenvalue weighted by Gasteiger charge is 2.28. The maximum absolute atomic E-state index is 6.01. The quantitative estimate of drug-likeness (QED) is 0.801. The van der Waals surface area contributed by atoms with Crippen LogP contribution < -0.4 is 10.1 Å². The molecule has 4 nitrogen and oxygen atoms in total. The summed E-state index contributed by atoms with van der Waals surface area (Å²) in [7, 11) is 1.89. The number of nitrogens with zero attached hydrogens (tertiary/aromatic N) is 2. The van der Waals surface area contributed by atoms with Crippen LogP contribution in [-0.2, 0) is 6.42 Å². The van der Waals surface area contributed by atoms with E-state index in [1.165, 1.54) is 5.56 Å². The van der Waals surface area contributed by atoms with Crippen LogP contribution in [0.15, 0.2) is 24.3 Å². The van der Waals surface area contributed by atoms with Crippen molar-refractivity contribution in [2.45, 2.75) is 32.3 Å². The Labute approximate surface area is 138 Å². The van der Waals surface area contributed by atoms with E-state index in [1.807, 2.05) is 25.2 Å². The number of hydrogen-bond donors (Lipinski definition) is 1. The smallest absolute Gasteiger partial charge is 0.172 e. The number of halogens is 1. The molecular weight excluding hydrogens is 377 g/mol. The van der Waals surface area contributed by atoms with Crippen LogP contribution in [0.1, 0.15) is 43.0 Å². The molecular formula is C16H18IN3O. The standard InChI is InChI=1S/C16H18IN3O/c1-9(2)14-13(17)16(18-3)20-15(19-14)12-8-10-6-4-5-7-11(10)21-12/h4-7,9,12H,8H2,1-3H3,(H,18,19,20). The van der Waals surface area contributed by atoms with Gasteiger partial charge >= 0.3 is 0 Å². The van der Waals surface area contributed by atoms with Crippen molar-refractivity contribution in [2.24, 2.45) is 0 Å². The van der Waals surface area contributed by atoms with Gasteiger partial charge in [0, 0.05) is 13.5 Å². The van der Waals surface area contributed by atoms with Gasteiger partial charge in [0.1, 0.15) is 11.6 Å². The number of anilines is 1. The summed E-state index contributed by atoms with van der Waals surface area (Å²) in [6.45, 7) is 4.30. The average Bonchev–Trinajstić information content (AvgIpc) is 2.91. The molecule has 0 aliphatic carbocycles. The SMILES string of the molecule is CNc1nc(C2Cc3ccccc3O2)nc(C(C)C)c1I. The van der Waals surface area contributed by atoms with Gasteiger partial charge in [-0.15, -0.1) is 0 Å². The Kier molecular flexibility index (Phi) is 4.01. The zero-order valence-corrected chi connectivity index (χ0v) is 14.5. The van der Waals surface area contributed by atoms with Gasteiger partial charge in [-0.25, -0.2) is 9.97 Å². The number of benzene rings is 1. The molecule has 0 saturated heterocycles. The molecule has 1 unspecified atom stereocenters. The summed E-state index contributed by atoms with van der Waals surface area (Å²) < 4.78 is 7.10. The first-order valence-corrected chi connectivity index (χ1v) is 8.17. The van der Waals surface area contributed by atoms with Crippen LogP contribution in [-0.4, -0.2) is 17.0 Å². The van der Waals surface area contributed by atoms with E-state index in [9.17, 15) is 0 Å². The van der Waals surface area contributed by atoms with E-state index < -0.39 is 0 Å². The molecule has 0 radical (unpaired) electrons. The number of aromatic nitrogens is 2. The largest absolute Gasteiger partial charge is 0.482 e. The summed E-state index contributed by atoms with van der Waals surface area (Å²) in [6, 6.07) is 8.14. The maximum atomic E-state index is 6.01. The second kappa shape index (κ2) is 5.79. The Morgan fingerprint density at radius 3 is 2.71 bits per heavy atom. The van der Waals surface area contributed by atoms with E-state index in [-0.39, 0.29) is 6.10 Å². The fraction of sp³-hybridized carbons (Fsp3) is 0.375. The van der Waals surface area contributed by atoms with Crippen LogP contribution in [0.25, 0.3) is 0 Å². The molecule has 1 aliphatic rings. The first kappa shape index (κ1) is 14.6. The van der Waals surface area contributed by atoms with E-state index in [4.69, 9.17) is 9.72 Å². The summed E-state index contributed by atoms with van der Waals surface area (Å²) in [6.07, 6.45) is 0.737. The molecule has 1 aliphatic heterocycles. The third-order valence-electron chi connectivity index (χ3n) is 3.61. The molecule has 1 atom stereocenters. The minimum absolute atomic E-state index is 0.0935. The van der Waals surface area contributed by atoms with Gasteiger partial charge in [0.25, 0.3) is 0 Å². The van der Waals surface area contributed by atoms with Crippen molar-refractivity contribution in [3.8, 4) is 5.75 Å². The van der Waals surface area contributed by atoms with Crippen LogP contribution in [0, 0.1) is 3.57 Å². The Hall–Kier alpha value is -1.37. The molecule has 1 aromatic heterocycles. The van der Waals surface area contributed by atoms with Gasteiger partial charge in [-0.3, -0.25) is 0 Å². The maximum Gasteiger partial charge on any atom is 0.172 e. The molecule has 2 aromatic rings. The molecule has 2 heterocycles. The Morgan fingerprint density at radius 1 is 1.29 bits per heavy atom. The molecule has 21 heavy (non-hydrogen) atoms. The van der Waals surface area contributed by atoms with E-state index in [2.05, 4.69) is 52.8 Å². The van der Waals surface area contributed by atoms with Crippen LogP contribution in [0.3, 0.4) is 0 Å². The zero-order valence-electron chi connectivity index (χ0n) is 12.4. The second-order valence-electron chi connectivity index (χ2n) is 5.45. The lowest BCUT2D eigenvalue weighted by Crippen LogP contribution is -2.14. The van der Waals surface area contributed by atoms with Crippen molar-refractivity contribution in [2.75, 3.05) is 12.4 Å². The first-order chi connectivity index (χ1) is 10.1. The Balaban J connectivity index is 1.99. The lowest BCUT2D eigenvalue weighted by Gasteiger charge is -2.16. The predicted octanol–water partition coefficient (Wildman–Crippen LogP) is 3.92. The van der Waals surface area contributed by atoms with Gasteiger partial charge in [-0.1, -0.05) is 32.0 Å². The highest BCUT2D eigenvalue weighted by atomic mass is 127. The minimum Gasteiger partial charge on any atom is -0.482 e. The lowest BCUT2D eigenvalue weighted by atomic mass is 10.1. The number of para-hydroxylation sites is 1. The normalized spacial score (nSPS) is 16.7. The van der Waals surface area contributed by atoms with E-state index in [0.29, 0.717) is 5.92 Å². The van der Waals surface area contributed by atoms with Gasteiger partial charge in [0.2, 0.25) is 0 Å². The van der Waals surface area contributed by atoms with Gasteiger partial charge < -0.3 is 10.1 Å². The van der Waals surface area contributed by atoms with Crippen LogP contribution in [0.2, 0.25) is 0 Å². The van der Waals surface area contributed by atoms with Gasteiger partial charge in [-0.05, 0) is 40.1 Å². The Bertz CT molecular complexity index is 648. The third kappa shape index (κ3) is 2.71. The lowest BCUT2D eigenvalue weighted by molar-refractivity contribution is 0.227. The Morgan fingerprint density at radius 2 is 2.05 bits per heavy atom. The van der Waals surface area contributed by atoms with Crippen molar-refractivity contribution in [1.82, 2.24) is 9.97 Å². The highest BCUT2D eigenvalue weighted by molar-refractivity contribution is 14.1. The number of rotatable bonds is 3. The number of fused-ring (bicyclic) bond motifs is 1. The molecule has 110 valence electrons. The number of ether oxygens (including phenoxy) is 1. The number of nitrogens with one attached hydrogen (secondary N) is 1. The highest BCUT2D eigenvalue weighted by Crippen LogP contribution is 2.36. The van der Waals surface area contributed by atoms with Gasteiger partial charge in [0.15, 0.2) is 11.9 Å². The molecule has 5 heteroatoms. The minimum atomic E-state index is -0.0935. The summed E-state index contributed by atoms with van der Waals surface area (Å²) >= 11 is 2.31. The van der Waals surface area contributed by atoms with Crippen molar-refractivity contribution in [1.29, 1.82) is 0 Å². The molecule has 0 amide bonds. The average molecular weight is 395 g/mol. The van der Waals surface area contributed by atoms with Crippen molar-refractivity contribution in [3.63, 3.8) is 0 Å². The summed E-state index contributed by atoms with van der Waals surface area (Å²) in [5.74, 6) is 2.94. The van der Waals surface area contributed by atoms with Crippen molar-refractivity contribution < 1.29 is 4.74 Å². The number of hydrogen-bond acceptors (Lipinski definition) is 4. The monoisotopic (exact) mass is 395 g/mol. The van der Waals surface area contributed by atoms with Crippen LogP contribution >= 0.6 is 22.6 Å². The first-order valence-electron chi connectivity index (χ1n) is 7.09. The van der Waals surface area contributed by atoms with Crippen molar-refractivity contribution in [3.05, 3.63) is 44.9 Å². The molecule has 0 spiro atoms. The summed E-state index contributed by atoms with van der Waals surface area (Å²) in [5.41, 5.74) is 2.30. The fourth-order valence-corrected chi connectivity index (χ4v) is 3.63. The predicted molar refractivity (Wildman–Crippen MR) is 91.9 cm³/mol. The van der Waals surface area contributed by atoms with Crippen LogP contribution in [0.5, 0.6) is 5.75 Å². The molecule has 3 rings (SSSR count). The van der Waals surface area contributed by atoms with Gasteiger partial charge in [-0.2, -0.15) is 0 Å². The van der Waals surface area contributed by atoms with E-state index >= 15 is 0 Å². The zero-order chi connectivity index (χ0) is 15.0. The topological polar surface area (TPSA) is 47.0 Å².